The zero-order valence-corrected chi connectivity index (χ0v) is 25.3. The van der Waals surface area contributed by atoms with Crippen molar-refractivity contribution in [2.45, 2.75) is 6.92 Å². The van der Waals surface area contributed by atoms with E-state index in [0.717, 1.165) is 0 Å². The molecule has 0 amide bonds. The van der Waals surface area contributed by atoms with Gasteiger partial charge in [-0.1, -0.05) is 133 Å². The van der Waals surface area contributed by atoms with Crippen molar-refractivity contribution >= 4 is 31.5 Å². The maximum absolute atomic E-state index is 2.40. The molecule has 0 aliphatic rings. The minimum absolute atomic E-state index is 1.23. The van der Waals surface area contributed by atoms with Gasteiger partial charge in [-0.15, -0.1) is 11.3 Å². The molecular weight excluding hydrogens is 549 g/mol. The summed E-state index contributed by atoms with van der Waals surface area (Å²) in [7, 11) is 0. The van der Waals surface area contributed by atoms with E-state index < -0.39 is 0 Å². The van der Waals surface area contributed by atoms with Gasteiger partial charge in [0.2, 0.25) is 0 Å². The average molecular weight is 579 g/mol. The maximum atomic E-state index is 2.40. The zero-order valence-electron chi connectivity index (χ0n) is 24.5. The van der Waals surface area contributed by atoms with Gasteiger partial charge in [-0.05, 0) is 93.4 Å². The molecule has 1 heteroatoms. The number of fused-ring (bicyclic) bond motifs is 3. The van der Waals surface area contributed by atoms with Gasteiger partial charge in [0.05, 0.1) is 0 Å². The van der Waals surface area contributed by atoms with E-state index in [0.29, 0.717) is 0 Å². The molecule has 0 nitrogen and oxygen atoms in total. The fourth-order valence-corrected chi connectivity index (χ4v) is 7.47. The number of benzene rings is 7. The van der Waals surface area contributed by atoms with Gasteiger partial charge in [0.1, 0.15) is 0 Å². The third kappa shape index (κ3) is 4.92. The fourth-order valence-electron chi connectivity index (χ4n) is 6.27. The second-order valence-corrected chi connectivity index (χ2v) is 12.5. The second kappa shape index (κ2) is 11.1. The summed E-state index contributed by atoms with van der Waals surface area (Å²) in [6.45, 7) is 2.18. The lowest BCUT2D eigenvalue weighted by atomic mass is 9.93. The van der Waals surface area contributed by atoms with E-state index in [4.69, 9.17) is 0 Å². The molecule has 1 aromatic heterocycles. The number of hydrogen-bond donors (Lipinski definition) is 0. The number of thiophene rings is 1. The van der Waals surface area contributed by atoms with Crippen LogP contribution in [0.3, 0.4) is 0 Å². The van der Waals surface area contributed by atoms with Crippen molar-refractivity contribution in [2.75, 3.05) is 0 Å². The van der Waals surface area contributed by atoms with E-state index in [1.807, 2.05) is 11.3 Å². The van der Waals surface area contributed by atoms with Crippen LogP contribution in [0.1, 0.15) is 5.56 Å². The first kappa shape index (κ1) is 26.4. The van der Waals surface area contributed by atoms with Gasteiger partial charge in [-0.2, -0.15) is 0 Å². The highest BCUT2D eigenvalue weighted by atomic mass is 32.1. The summed E-state index contributed by atoms with van der Waals surface area (Å²) in [5.74, 6) is 0. The van der Waals surface area contributed by atoms with Crippen molar-refractivity contribution in [3.05, 3.63) is 169 Å². The van der Waals surface area contributed by atoms with Gasteiger partial charge in [0.25, 0.3) is 0 Å². The summed E-state index contributed by atoms with van der Waals surface area (Å²) < 4.78 is 2.65. The van der Waals surface area contributed by atoms with Gasteiger partial charge in [0, 0.05) is 25.7 Å². The van der Waals surface area contributed by atoms with Gasteiger partial charge in [0.15, 0.2) is 0 Å². The Balaban J connectivity index is 1.33. The summed E-state index contributed by atoms with van der Waals surface area (Å²) in [5.41, 5.74) is 13.7. The van der Waals surface area contributed by atoms with E-state index in [-0.39, 0.29) is 0 Å². The minimum atomic E-state index is 1.23. The highest BCUT2D eigenvalue weighted by molar-refractivity contribution is 7.26. The first-order valence-electron chi connectivity index (χ1n) is 15.1. The van der Waals surface area contributed by atoms with Crippen molar-refractivity contribution < 1.29 is 0 Å². The Morgan fingerprint density at radius 3 is 1.48 bits per heavy atom. The van der Waals surface area contributed by atoms with Crippen molar-refractivity contribution in [3.63, 3.8) is 0 Å². The molecule has 0 spiro atoms. The fraction of sp³-hybridized carbons (Fsp3) is 0.0233. The first-order chi connectivity index (χ1) is 21.7. The highest BCUT2D eigenvalue weighted by Gasteiger charge is 2.15. The van der Waals surface area contributed by atoms with Crippen LogP contribution < -0.4 is 0 Å². The standard InChI is InChI=1S/C43H30S/c1-29-11-8-20-37(23-29)39-27-38(35-19-10-17-33(25-35)31-14-6-3-7-15-31)28-41-40-26-36(21-22-42(40)44-43(39)41)34-18-9-16-32(24-34)30-12-4-2-5-13-30/h2-28H,1H3. The molecule has 1 heterocycles. The lowest BCUT2D eigenvalue weighted by molar-refractivity contribution is 1.47. The smallest absolute Gasteiger partial charge is 0.0434 e. The summed E-state index contributed by atoms with van der Waals surface area (Å²) >= 11 is 1.90. The Kier molecular flexibility index (Phi) is 6.67. The molecule has 0 bridgehead atoms. The first-order valence-corrected chi connectivity index (χ1v) is 15.9. The molecule has 8 aromatic rings. The minimum Gasteiger partial charge on any atom is -0.135 e. The van der Waals surface area contributed by atoms with E-state index >= 15 is 0 Å². The second-order valence-electron chi connectivity index (χ2n) is 11.5. The molecule has 0 aliphatic carbocycles. The third-order valence-corrected chi connectivity index (χ3v) is 9.73. The van der Waals surface area contributed by atoms with E-state index in [2.05, 4.69) is 171 Å². The molecule has 0 unspecified atom stereocenters. The van der Waals surface area contributed by atoms with Crippen LogP contribution in [-0.4, -0.2) is 0 Å². The Hall–Kier alpha value is -5.24. The number of rotatable bonds is 5. The predicted molar refractivity (Wildman–Crippen MR) is 191 cm³/mol. The molecule has 0 N–H and O–H groups in total. The summed E-state index contributed by atoms with van der Waals surface area (Å²) in [6, 6.07) is 59.8. The molecule has 0 saturated heterocycles. The van der Waals surface area contributed by atoms with Crippen LogP contribution in [0.25, 0.3) is 75.8 Å². The van der Waals surface area contributed by atoms with Crippen LogP contribution in [-0.2, 0) is 0 Å². The Labute approximate surface area is 262 Å². The molecule has 208 valence electrons. The van der Waals surface area contributed by atoms with Crippen molar-refractivity contribution in [1.82, 2.24) is 0 Å². The molecule has 0 fully saturated rings. The highest BCUT2D eigenvalue weighted by Crippen LogP contribution is 2.44. The molecule has 0 atom stereocenters. The average Bonchev–Trinajstić information content (AvgIpc) is 3.47. The topological polar surface area (TPSA) is 0 Å². The maximum Gasteiger partial charge on any atom is 0.0434 e. The largest absolute Gasteiger partial charge is 0.135 e. The predicted octanol–water partition coefficient (Wildman–Crippen LogP) is 12.7. The van der Waals surface area contributed by atoms with Gasteiger partial charge < -0.3 is 0 Å². The van der Waals surface area contributed by atoms with Crippen molar-refractivity contribution in [3.8, 4) is 55.6 Å². The zero-order chi connectivity index (χ0) is 29.5. The van der Waals surface area contributed by atoms with Crippen LogP contribution in [0.4, 0.5) is 0 Å². The molecule has 8 rings (SSSR count). The van der Waals surface area contributed by atoms with Crippen LogP contribution >= 0.6 is 11.3 Å². The van der Waals surface area contributed by atoms with Crippen LogP contribution in [0, 0.1) is 6.92 Å². The van der Waals surface area contributed by atoms with E-state index in [1.165, 1.54) is 81.4 Å². The van der Waals surface area contributed by atoms with Gasteiger partial charge in [-0.25, -0.2) is 0 Å². The molecule has 44 heavy (non-hydrogen) atoms. The summed E-state index contributed by atoms with van der Waals surface area (Å²) in [5, 5.41) is 2.62. The molecule has 0 aliphatic heterocycles. The Morgan fingerprint density at radius 2 is 0.841 bits per heavy atom. The van der Waals surface area contributed by atoms with Crippen LogP contribution in [0.15, 0.2) is 164 Å². The lowest BCUT2D eigenvalue weighted by Gasteiger charge is -2.11. The summed E-state index contributed by atoms with van der Waals surface area (Å²) in [4.78, 5) is 0. The van der Waals surface area contributed by atoms with Gasteiger partial charge >= 0.3 is 0 Å². The van der Waals surface area contributed by atoms with E-state index in [9.17, 15) is 0 Å². The van der Waals surface area contributed by atoms with Crippen molar-refractivity contribution in [2.24, 2.45) is 0 Å². The Bertz CT molecular complexity index is 2270. The van der Waals surface area contributed by atoms with Gasteiger partial charge in [-0.3, -0.25) is 0 Å². The van der Waals surface area contributed by atoms with E-state index in [1.54, 1.807) is 0 Å². The third-order valence-electron chi connectivity index (χ3n) is 8.51. The summed E-state index contributed by atoms with van der Waals surface area (Å²) in [6.07, 6.45) is 0. The monoisotopic (exact) mass is 578 g/mol. The lowest BCUT2D eigenvalue weighted by Crippen LogP contribution is -1.85. The number of aryl methyl sites for hydroxylation is 1. The van der Waals surface area contributed by atoms with Crippen molar-refractivity contribution in [1.29, 1.82) is 0 Å². The van der Waals surface area contributed by atoms with Crippen LogP contribution in [0.2, 0.25) is 0 Å². The molecule has 7 aromatic carbocycles. The molecule has 0 radical (unpaired) electrons. The SMILES string of the molecule is Cc1cccc(-c2cc(-c3cccc(-c4ccccc4)c3)cc3c2sc2ccc(-c4cccc(-c5ccccc5)c4)cc23)c1. The Morgan fingerprint density at radius 1 is 0.341 bits per heavy atom. The quantitative estimate of drug-likeness (QED) is 0.191. The molecule has 0 saturated carbocycles. The normalized spacial score (nSPS) is 11.3. The number of hydrogen-bond acceptors (Lipinski definition) is 1. The molecular formula is C43H30S. The van der Waals surface area contributed by atoms with Crippen LogP contribution in [0.5, 0.6) is 0 Å².